The Bertz CT molecular complexity index is 410. The first-order valence-corrected chi connectivity index (χ1v) is 5.86. The Kier molecular flexibility index (Phi) is 5.95. The van der Waals surface area contributed by atoms with E-state index in [4.69, 9.17) is 14.2 Å². The minimum Gasteiger partial charge on any atom is -0.496 e. The molecule has 0 fully saturated rings. The number of amides is 1. The first-order chi connectivity index (χ1) is 9.15. The van der Waals surface area contributed by atoms with Crippen LogP contribution in [0.3, 0.4) is 0 Å². The molecule has 19 heavy (non-hydrogen) atoms. The molecule has 0 radical (unpaired) electrons. The Morgan fingerprint density at radius 1 is 1.11 bits per heavy atom. The maximum Gasteiger partial charge on any atom is 0.234 e. The first kappa shape index (κ1) is 15.1. The van der Waals surface area contributed by atoms with Crippen molar-refractivity contribution in [3.8, 4) is 17.2 Å². The largest absolute Gasteiger partial charge is 0.496 e. The van der Waals surface area contributed by atoms with E-state index in [0.29, 0.717) is 23.8 Å². The zero-order valence-electron chi connectivity index (χ0n) is 11.7. The molecule has 1 aromatic carbocycles. The van der Waals surface area contributed by atoms with Crippen LogP contribution in [0.5, 0.6) is 17.2 Å². The topological polar surface area (TPSA) is 68.8 Å². The number of hydrogen-bond donors (Lipinski definition) is 2. The van der Waals surface area contributed by atoms with Crippen molar-refractivity contribution >= 4 is 5.91 Å². The van der Waals surface area contributed by atoms with Crippen LogP contribution in [0.25, 0.3) is 0 Å². The maximum absolute atomic E-state index is 11.5. The summed E-state index contributed by atoms with van der Waals surface area (Å²) in [5.74, 6) is 1.77. The van der Waals surface area contributed by atoms with Crippen LogP contribution in [0.4, 0.5) is 0 Å². The number of likely N-dealkylation sites (N-methyl/N-ethyl adjacent to an activating group) is 1. The third-order valence-corrected chi connectivity index (χ3v) is 2.62. The average molecular weight is 268 g/mol. The van der Waals surface area contributed by atoms with E-state index in [1.807, 2.05) is 0 Å². The van der Waals surface area contributed by atoms with Crippen LogP contribution in [0.15, 0.2) is 12.1 Å². The highest BCUT2D eigenvalue weighted by Crippen LogP contribution is 2.33. The molecule has 0 aliphatic rings. The lowest BCUT2D eigenvalue weighted by atomic mass is 10.1. The van der Waals surface area contributed by atoms with Gasteiger partial charge in [0.1, 0.15) is 17.2 Å². The van der Waals surface area contributed by atoms with E-state index in [-0.39, 0.29) is 12.5 Å². The molecule has 0 aliphatic carbocycles. The summed E-state index contributed by atoms with van der Waals surface area (Å²) >= 11 is 0. The van der Waals surface area contributed by atoms with Crippen molar-refractivity contribution < 1.29 is 19.0 Å². The number of ether oxygens (including phenoxy) is 3. The van der Waals surface area contributed by atoms with E-state index in [0.717, 1.165) is 5.56 Å². The van der Waals surface area contributed by atoms with Crippen LogP contribution in [-0.2, 0) is 11.3 Å². The lowest BCUT2D eigenvalue weighted by Crippen LogP contribution is -2.31. The molecule has 0 heterocycles. The molecule has 0 saturated carbocycles. The summed E-state index contributed by atoms with van der Waals surface area (Å²) in [7, 11) is 6.41. The van der Waals surface area contributed by atoms with Gasteiger partial charge in [-0.2, -0.15) is 0 Å². The SMILES string of the molecule is CNCC(=O)NCc1c(OC)cc(OC)cc1OC. The van der Waals surface area contributed by atoms with Gasteiger partial charge in [-0.05, 0) is 7.05 Å². The van der Waals surface area contributed by atoms with Crippen LogP contribution >= 0.6 is 0 Å². The summed E-state index contributed by atoms with van der Waals surface area (Å²) < 4.78 is 15.8. The fourth-order valence-corrected chi connectivity index (χ4v) is 1.66. The van der Waals surface area contributed by atoms with E-state index in [1.165, 1.54) is 0 Å². The second-order valence-electron chi connectivity index (χ2n) is 3.82. The molecule has 1 rings (SSSR count). The number of hydrogen-bond acceptors (Lipinski definition) is 5. The van der Waals surface area contributed by atoms with Gasteiger partial charge >= 0.3 is 0 Å². The second kappa shape index (κ2) is 7.48. The standard InChI is InChI=1S/C13H20N2O4/c1-14-8-13(16)15-7-10-11(18-3)5-9(17-2)6-12(10)19-4/h5-6,14H,7-8H2,1-4H3,(H,15,16). The van der Waals surface area contributed by atoms with Crippen LogP contribution < -0.4 is 24.8 Å². The smallest absolute Gasteiger partial charge is 0.234 e. The molecule has 0 atom stereocenters. The molecule has 0 saturated heterocycles. The summed E-state index contributed by atoms with van der Waals surface area (Å²) in [6.45, 7) is 0.595. The fourth-order valence-electron chi connectivity index (χ4n) is 1.66. The Hall–Kier alpha value is -1.95. The third-order valence-electron chi connectivity index (χ3n) is 2.62. The predicted octanol–water partition coefficient (Wildman–Crippen LogP) is 0.548. The van der Waals surface area contributed by atoms with Crippen molar-refractivity contribution in [1.82, 2.24) is 10.6 Å². The molecule has 106 valence electrons. The predicted molar refractivity (Wildman–Crippen MR) is 71.9 cm³/mol. The normalized spacial score (nSPS) is 9.89. The van der Waals surface area contributed by atoms with Crippen molar-refractivity contribution in [3.05, 3.63) is 17.7 Å². The van der Waals surface area contributed by atoms with Gasteiger partial charge in [-0.3, -0.25) is 4.79 Å². The highest BCUT2D eigenvalue weighted by atomic mass is 16.5. The number of benzene rings is 1. The first-order valence-electron chi connectivity index (χ1n) is 5.86. The molecule has 0 bridgehead atoms. The van der Waals surface area contributed by atoms with Gasteiger partial charge in [-0.1, -0.05) is 0 Å². The van der Waals surface area contributed by atoms with Crippen LogP contribution in [0, 0.1) is 0 Å². The Labute approximate surface area is 113 Å². The molecule has 0 spiro atoms. The molecule has 6 nitrogen and oxygen atoms in total. The van der Waals surface area contributed by atoms with Gasteiger partial charge in [0.25, 0.3) is 0 Å². The summed E-state index contributed by atoms with van der Waals surface area (Å²) in [5.41, 5.74) is 0.773. The summed E-state index contributed by atoms with van der Waals surface area (Å²) in [4.78, 5) is 11.5. The second-order valence-corrected chi connectivity index (χ2v) is 3.82. The number of carbonyl (C=O) groups excluding carboxylic acids is 1. The lowest BCUT2D eigenvalue weighted by molar-refractivity contribution is -0.120. The Morgan fingerprint density at radius 2 is 1.68 bits per heavy atom. The van der Waals surface area contributed by atoms with Crippen molar-refractivity contribution in [2.24, 2.45) is 0 Å². The van der Waals surface area contributed by atoms with Crippen LogP contribution in [0.2, 0.25) is 0 Å². The van der Waals surface area contributed by atoms with Gasteiger partial charge in [-0.25, -0.2) is 0 Å². The number of carbonyl (C=O) groups is 1. The van der Waals surface area contributed by atoms with Crippen molar-refractivity contribution in [3.63, 3.8) is 0 Å². The van der Waals surface area contributed by atoms with E-state index in [9.17, 15) is 4.79 Å². The van der Waals surface area contributed by atoms with Gasteiger partial charge in [0.15, 0.2) is 0 Å². The highest BCUT2D eigenvalue weighted by molar-refractivity contribution is 5.78. The monoisotopic (exact) mass is 268 g/mol. The fraction of sp³-hybridized carbons (Fsp3) is 0.462. The van der Waals surface area contributed by atoms with Crippen molar-refractivity contribution in [1.29, 1.82) is 0 Å². The van der Waals surface area contributed by atoms with Crippen LogP contribution in [0.1, 0.15) is 5.56 Å². The van der Waals surface area contributed by atoms with Crippen LogP contribution in [-0.4, -0.2) is 40.8 Å². The quantitative estimate of drug-likeness (QED) is 0.756. The van der Waals surface area contributed by atoms with Gasteiger partial charge in [-0.15, -0.1) is 0 Å². The summed E-state index contributed by atoms with van der Waals surface area (Å²) in [6, 6.07) is 3.50. The molecule has 0 aromatic heterocycles. The summed E-state index contributed by atoms with van der Waals surface area (Å²) in [6.07, 6.45) is 0. The van der Waals surface area contributed by atoms with E-state index < -0.39 is 0 Å². The van der Waals surface area contributed by atoms with E-state index >= 15 is 0 Å². The number of nitrogens with one attached hydrogen (secondary N) is 2. The van der Waals surface area contributed by atoms with E-state index in [2.05, 4.69) is 10.6 Å². The number of methoxy groups -OCH3 is 3. The molecule has 0 unspecified atom stereocenters. The number of rotatable bonds is 7. The Morgan fingerprint density at radius 3 is 2.11 bits per heavy atom. The molecular weight excluding hydrogens is 248 g/mol. The average Bonchev–Trinajstić information content (AvgIpc) is 2.44. The maximum atomic E-state index is 11.5. The molecule has 1 amide bonds. The minimum atomic E-state index is -0.0950. The molecule has 0 aliphatic heterocycles. The molecule has 6 heteroatoms. The zero-order valence-corrected chi connectivity index (χ0v) is 11.7. The molecular formula is C13H20N2O4. The third kappa shape index (κ3) is 4.03. The van der Waals surface area contributed by atoms with E-state index in [1.54, 1.807) is 40.5 Å². The molecule has 1 aromatic rings. The van der Waals surface area contributed by atoms with Gasteiger partial charge in [0.2, 0.25) is 5.91 Å². The molecule has 2 N–H and O–H groups in total. The van der Waals surface area contributed by atoms with Gasteiger partial charge in [0, 0.05) is 12.1 Å². The van der Waals surface area contributed by atoms with Gasteiger partial charge < -0.3 is 24.8 Å². The highest BCUT2D eigenvalue weighted by Gasteiger charge is 2.13. The lowest BCUT2D eigenvalue weighted by Gasteiger charge is -2.15. The van der Waals surface area contributed by atoms with Crippen molar-refractivity contribution in [2.75, 3.05) is 34.9 Å². The van der Waals surface area contributed by atoms with Crippen molar-refractivity contribution in [2.45, 2.75) is 6.54 Å². The Balaban J connectivity index is 2.94. The summed E-state index contributed by atoms with van der Waals surface area (Å²) in [5, 5.41) is 5.57. The zero-order chi connectivity index (χ0) is 14.3. The van der Waals surface area contributed by atoms with Gasteiger partial charge in [0.05, 0.1) is 40.0 Å². The minimum absolute atomic E-state index is 0.0950.